The fraction of sp³-hybridized carbons (Fsp3) is 0.133. The summed E-state index contributed by atoms with van der Waals surface area (Å²) >= 11 is 11.9. The summed E-state index contributed by atoms with van der Waals surface area (Å²) in [7, 11) is 0. The van der Waals surface area contributed by atoms with Gasteiger partial charge in [0.2, 0.25) is 0 Å². The van der Waals surface area contributed by atoms with Crippen LogP contribution in [0, 0.1) is 5.82 Å². The van der Waals surface area contributed by atoms with Crippen LogP contribution in [-0.4, -0.2) is 11.1 Å². The third kappa shape index (κ3) is 3.28. The van der Waals surface area contributed by atoms with Crippen molar-refractivity contribution in [3.05, 3.63) is 63.9 Å². The van der Waals surface area contributed by atoms with Crippen LogP contribution >= 0.6 is 23.2 Å². The quantitative estimate of drug-likeness (QED) is 0.866. The molecule has 0 bridgehead atoms. The molecule has 2 rings (SSSR count). The van der Waals surface area contributed by atoms with Crippen LogP contribution in [0.5, 0.6) is 0 Å². The summed E-state index contributed by atoms with van der Waals surface area (Å²) in [4.78, 5) is 11.7. The van der Waals surface area contributed by atoms with Crippen molar-refractivity contribution in [1.29, 1.82) is 0 Å². The van der Waals surface area contributed by atoms with E-state index in [4.69, 9.17) is 23.2 Å². The molecule has 2 aromatic carbocycles. The number of carboxylic acids is 1. The average molecular weight is 328 g/mol. The van der Waals surface area contributed by atoms with Crippen LogP contribution in [0.2, 0.25) is 10.0 Å². The van der Waals surface area contributed by atoms with Crippen molar-refractivity contribution < 1.29 is 14.3 Å². The van der Waals surface area contributed by atoms with Crippen molar-refractivity contribution in [1.82, 2.24) is 0 Å². The number of aliphatic carboxylic acids is 1. The van der Waals surface area contributed by atoms with Crippen molar-refractivity contribution in [3.8, 4) is 0 Å². The highest BCUT2D eigenvalue weighted by molar-refractivity contribution is 6.35. The van der Waals surface area contributed by atoms with E-state index in [9.17, 15) is 14.3 Å². The first-order chi connectivity index (χ1) is 9.83. The number of anilines is 1. The topological polar surface area (TPSA) is 49.3 Å². The van der Waals surface area contributed by atoms with E-state index in [1.807, 2.05) is 0 Å². The van der Waals surface area contributed by atoms with E-state index in [1.165, 1.54) is 37.3 Å². The lowest BCUT2D eigenvalue weighted by molar-refractivity contribution is -0.142. The number of benzene rings is 2. The molecule has 0 saturated carbocycles. The SMILES string of the molecule is CC(Nc1ccc(F)cc1)(C(=O)O)c1ccc(Cl)cc1Cl. The van der Waals surface area contributed by atoms with Gasteiger partial charge in [-0.3, -0.25) is 0 Å². The lowest BCUT2D eigenvalue weighted by atomic mass is 9.91. The highest BCUT2D eigenvalue weighted by Gasteiger charge is 2.37. The van der Waals surface area contributed by atoms with Gasteiger partial charge in [-0.05, 0) is 43.3 Å². The van der Waals surface area contributed by atoms with E-state index < -0.39 is 17.3 Å². The van der Waals surface area contributed by atoms with Crippen LogP contribution in [-0.2, 0) is 10.3 Å². The molecule has 0 aliphatic heterocycles. The normalized spacial score (nSPS) is 13.5. The number of nitrogens with one attached hydrogen (secondary N) is 1. The Labute approximate surface area is 131 Å². The summed E-state index contributed by atoms with van der Waals surface area (Å²) in [6.07, 6.45) is 0. The molecule has 0 saturated heterocycles. The van der Waals surface area contributed by atoms with E-state index in [0.29, 0.717) is 16.3 Å². The first-order valence-electron chi connectivity index (χ1n) is 6.05. The number of carbonyl (C=O) groups is 1. The molecule has 0 aliphatic carbocycles. The van der Waals surface area contributed by atoms with Crippen molar-refractivity contribution in [2.75, 3.05) is 5.32 Å². The Morgan fingerprint density at radius 3 is 2.33 bits per heavy atom. The van der Waals surface area contributed by atoms with E-state index in [0.717, 1.165) is 0 Å². The second-order valence-corrected chi connectivity index (χ2v) is 5.53. The first-order valence-corrected chi connectivity index (χ1v) is 6.81. The molecule has 0 heterocycles. The molecule has 2 aromatic rings. The fourth-order valence-corrected chi connectivity index (χ4v) is 2.55. The minimum absolute atomic E-state index is 0.238. The van der Waals surface area contributed by atoms with Gasteiger partial charge in [-0.2, -0.15) is 0 Å². The monoisotopic (exact) mass is 327 g/mol. The number of hydrogen-bond acceptors (Lipinski definition) is 2. The Balaban J connectivity index is 2.45. The Kier molecular flexibility index (Phi) is 4.40. The van der Waals surface area contributed by atoms with E-state index >= 15 is 0 Å². The summed E-state index contributed by atoms with van der Waals surface area (Å²) in [6.45, 7) is 1.48. The van der Waals surface area contributed by atoms with Crippen LogP contribution in [0.25, 0.3) is 0 Å². The molecular weight excluding hydrogens is 316 g/mol. The maximum atomic E-state index is 12.9. The van der Waals surface area contributed by atoms with Crippen molar-refractivity contribution in [2.24, 2.45) is 0 Å². The zero-order valence-corrected chi connectivity index (χ0v) is 12.5. The van der Waals surface area contributed by atoms with Crippen LogP contribution in [0.1, 0.15) is 12.5 Å². The maximum absolute atomic E-state index is 12.9. The zero-order chi connectivity index (χ0) is 15.6. The third-order valence-corrected chi connectivity index (χ3v) is 3.68. The van der Waals surface area contributed by atoms with E-state index in [2.05, 4.69) is 5.32 Å². The van der Waals surface area contributed by atoms with Crippen LogP contribution in [0.3, 0.4) is 0 Å². The highest BCUT2D eigenvalue weighted by atomic mass is 35.5. The Hall–Kier alpha value is -1.78. The molecular formula is C15H12Cl2FNO2. The van der Waals surface area contributed by atoms with Gasteiger partial charge in [-0.1, -0.05) is 29.3 Å². The molecule has 110 valence electrons. The molecule has 3 nitrogen and oxygen atoms in total. The predicted molar refractivity (Wildman–Crippen MR) is 81.5 cm³/mol. The lowest BCUT2D eigenvalue weighted by Gasteiger charge is -2.29. The van der Waals surface area contributed by atoms with Gasteiger partial charge in [0.15, 0.2) is 5.54 Å². The standard InChI is InChI=1S/C15H12Cl2FNO2/c1-15(14(20)21,12-7-2-9(16)8-13(12)17)19-11-5-3-10(18)4-6-11/h2-8,19H,1H3,(H,20,21). The van der Waals surface area contributed by atoms with Crippen molar-refractivity contribution in [2.45, 2.75) is 12.5 Å². The van der Waals surface area contributed by atoms with Gasteiger partial charge >= 0.3 is 5.97 Å². The second kappa shape index (κ2) is 5.92. The van der Waals surface area contributed by atoms with Crippen molar-refractivity contribution >= 4 is 34.9 Å². The minimum atomic E-state index is -1.47. The summed E-state index contributed by atoms with van der Waals surface area (Å²) in [5.41, 5.74) is -0.642. The first kappa shape index (κ1) is 15.6. The molecule has 0 aliphatic rings. The van der Waals surface area contributed by atoms with E-state index in [1.54, 1.807) is 12.1 Å². The Bertz CT molecular complexity index is 676. The smallest absolute Gasteiger partial charge is 0.333 e. The van der Waals surface area contributed by atoms with Crippen LogP contribution < -0.4 is 5.32 Å². The molecule has 21 heavy (non-hydrogen) atoms. The van der Waals surface area contributed by atoms with Gasteiger partial charge in [0.05, 0.1) is 0 Å². The molecule has 1 unspecified atom stereocenters. The molecule has 0 radical (unpaired) electrons. The number of halogens is 3. The van der Waals surface area contributed by atoms with Gasteiger partial charge < -0.3 is 10.4 Å². The molecule has 0 spiro atoms. The average Bonchev–Trinajstić information content (AvgIpc) is 2.41. The largest absolute Gasteiger partial charge is 0.479 e. The zero-order valence-electron chi connectivity index (χ0n) is 11.0. The number of rotatable bonds is 4. The maximum Gasteiger partial charge on any atom is 0.333 e. The molecule has 6 heteroatoms. The summed E-state index contributed by atoms with van der Waals surface area (Å²) < 4.78 is 12.9. The fourth-order valence-electron chi connectivity index (χ4n) is 1.95. The number of carboxylic acid groups (broad SMARTS) is 1. The predicted octanol–water partition coefficient (Wildman–Crippen LogP) is 4.54. The van der Waals surface area contributed by atoms with E-state index in [-0.39, 0.29) is 5.02 Å². The van der Waals surface area contributed by atoms with Crippen LogP contribution in [0.4, 0.5) is 10.1 Å². The van der Waals surface area contributed by atoms with Gasteiger partial charge in [0, 0.05) is 21.3 Å². The van der Waals surface area contributed by atoms with Gasteiger partial charge in [0.1, 0.15) is 5.82 Å². The van der Waals surface area contributed by atoms with Gasteiger partial charge in [-0.15, -0.1) is 0 Å². The van der Waals surface area contributed by atoms with Gasteiger partial charge in [0.25, 0.3) is 0 Å². The summed E-state index contributed by atoms with van der Waals surface area (Å²) in [5, 5.41) is 13.1. The second-order valence-electron chi connectivity index (χ2n) is 4.69. The molecule has 2 N–H and O–H groups in total. The molecule has 0 fully saturated rings. The number of hydrogen-bond donors (Lipinski definition) is 2. The van der Waals surface area contributed by atoms with Gasteiger partial charge in [-0.25, -0.2) is 9.18 Å². The highest BCUT2D eigenvalue weighted by Crippen LogP contribution is 2.33. The summed E-state index contributed by atoms with van der Waals surface area (Å²) in [5.74, 6) is -1.52. The molecule has 0 aromatic heterocycles. The lowest BCUT2D eigenvalue weighted by Crippen LogP contribution is -2.40. The molecule has 1 atom stereocenters. The van der Waals surface area contributed by atoms with Crippen LogP contribution in [0.15, 0.2) is 42.5 Å². The molecule has 0 amide bonds. The third-order valence-electron chi connectivity index (χ3n) is 3.14. The Morgan fingerprint density at radius 2 is 1.81 bits per heavy atom. The summed E-state index contributed by atoms with van der Waals surface area (Å²) in [6, 6.07) is 10.0. The minimum Gasteiger partial charge on any atom is -0.479 e. The van der Waals surface area contributed by atoms with Crippen molar-refractivity contribution in [3.63, 3.8) is 0 Å². The Morgan fingerprint density at radius 1 is 1.19 bits per heavy atom.